The minimum absolute atomic E-state index is 0.819. The van der Waals surface area contributed by atoms with E-state index in [1.165, 1.54) is 45.2 Å². The summed E-state index contributed by atoms with van der Waals surface area (Å²) in [5.74, 6) is 3.82. The van der Waals surface area contributed by atoms with Crippen LogP contribution in [0.15, 0.2) is 4.99 Å². The molecule has 2 rings (SSSR count). The van der Waals surface area contributed by atoms with Gasteiger partial charge in [-0.2, -0.15) is 0 Å². The first-order valence-electron chi connectivity index (χ1n) is 7.64. The third-order valence-corrected chi connectivity index (χ3v) is 4.13. The summed E-state index contributed by atoms with van der Waals surface area (Å²) in [7, 11) is 1.91. The largest absolute Gasteiger partial charge is 0.356 e. The fourth-order valence-corrected chi connectivity index (χ4v) is 3.01. The SMILES string of the molecule is CN=C(NCCC1CC1)N1CCC(CC(C)C)C1. The second-order valence-corrected chi connectivity index (χ2v) is 6.44. The Labute approximate surface area is 112 Å². The van der Waals surface area contributed by atoms with E-state index in [-0.39, 0.29) is 0 Å². The van der Waals surface area contributed by atoms with E-state index in [2.05, 4.69) is 29.1 Å². The van der Waals surface area contributed by atoms with Gasteiger partial charge in [0.2, 0.25) is 0 Å². The van der Waals surface area contributed by atoms with Crippen molar-refractivity contribution in [2.24, 2.45) is 22.7 Å². The Bertz CT molecular complexity index is 281. The van der Waals surface area contributed by atoms with Crippen molar-refractivity contribution >= 4 is 5.96 Å². The highest BCUT2D eigenvalue weighted by Crippen LogP contribution is 2.31. The summed E-state index contributed by atoms with van der Waals surface area (Å²) in [6, 6.07) is 0. The molecule has 1 heterocycles. The van der Waals surface area contributed by atoms with E-state index >= 15 is 0 Å². The van der Waals surface area contributed by atoms with Crippen LogP contribution in [0.3, 0.4) is 0 Å². The van der Waals surface area contributed by atoms with Crippen LogP contribution in [0, 0.1) is 17.8 Å². The van der Waals surface area contributed by atoms with Crippen LogP contribution in [0.4, 0.5) is 0 Å². The minimum Gasteiger partial charge on any atom is -0.356 e. The van der Waals surface area contributed by atoms with Crippen molar-refractivity contribution < 1.29 is 0 Å². The van der Waals surface area contributed by atoms with Gasteiger partial charge in [0.1, 0.15) is 0 Å². The second kappa shape index (κ2) is 6.44. The lowest BCUT2D eigenvalue weighted by molar-refractivity contribution is 0.403. The number of nitrogens with zero attached hydrogens (tertiary/aromatic N) is 2. The van der Waals surface area contributed by atoms with Crippen LogP contribution < -0.4 is 5.32 Å². The molecule has 104 valence electrons. The summed E-state index contributed by atoms with van der Waals surface area (Å²) in [5.41, 5.74) is 0. The van der Waals surface area contributed by atoms with Gasteiger partial charge in [0, 0.05) is 26.7 Å². The van der Waals surface area contributed by atoms with Crippen LogP contribution in [0.25, 0.3) is 0 Å². The van der Waals surface area contributed by atoms with Gasteiger partial charge in [-0.1, -0.05) is 26.7 Å². The Morgan fingerprint density at radius 2 is 2.06 bits per heavy atom. The van der Waals surface area contributed by atoms with Crippen LogP contribution >= 0.6 is 0 Å². The summed E-state index contributed by atoms with van der Waals surface area (Å²) < 4.78 is 0. The van der Waals surface area contributed by atoms with Gasteiger partial charge in [-0.15, -0.1) is 0 Å². The smallest absolute Gasteiger partial charge is 0.193 e. The van der Waals surface area contributed by atoms with E-state index in [9.17, 15) is 0 Å². The summed E-state index contributed by atoms with van der Waals surface area (Å²) >= 11 is 0. The third kappa shape index (κ3) is 4.18. The van der Waals surface area contributed by atoms with Gasteiger partial charge in [-0.25, -0.2) is 0 Å². The van der Waals surface area contributed by atoms with Crippen LogP contribution in [0.5, 0.6) is 0 Å². The molecule has 0 aromatic carbocycles. The number of rotatable bonds is 5. The van der Waals surface area contributed by atoms with Crippen molar-refractivity contribution in [3.05, 3.63) is 0 Å². The number of guanidine groups is 1. The molecule has 18 heavy (non-hydrogen) atoms. The number of likely N-dealkylation sites (tertiary alicyclic amines) is 1. The van der Waals surface area contributed by atoms with E-state index < -0.39 is 0 Å². The predicted octanol–water partition coefficient (Wildman–Crippen LogP) is 2.73. The van der Waals surface area contributed by atoms with Gasteiger partial charge in [0.25, 0.3) is 0 Å². The fraction of sp³-hybridized carbons (Fsp3) is 0.933. The molecule has 2 aliphatic rings. The number of hydrogen-bond donors (Lipinski definition) is 1. The number of aliphatic imine (C=N–C) groups is 1. The van der Waals surface area contributed by atoms with Crippen LogP contribution in [-0.4, -0.2) is 37.5 Å². The average Bonchev–Trinajstić information content (AvgIpc) is 3.04. The highest BCUT2D eigenvalue weighted by atomic mass is 15.3. The van der Waals surface area contributed by atoms with E-state index in [4.69, 9.17) is 0 Å². The molecule has 1 N–H and O–H groups in total. The minimum atomic E-state index is 0.819. The average molecular weight is 251 g/mol. The van der Waals surface area contributed by atoms with Crippen molar-refractivity contribution in [3.63, 3.8) is 0 Å². The van der Waals surface area contributed by atoms with Crippen LogP contribution in [0.2, 0.25) is 0 Å². The molecule has 2 fully saturated rings. The molecule has 3 nitrogen and oxygen atoms in total. The Morgan fingerprint density at radius 1 is 1.28 bits per heavy atom. The van der Waals surface area contributed by atoms with E-state index in [0.717, 1.165) is 30.3 Å². The molecule has 1 saturated heterocycles. The van der Waals surface area contributed by atoms with Gasteiger partial charge >= 0.3 is 0 Å². The topological polar surface area (TPSA) is 27.6 Å². The maximum atomic E-state index is 4.43. The normalized spacial score (nSPS) is 25.0. The van der Waals surface area contributed by atoms with Crippen molar-refractivity contribution in [1.29, 1.82) is 0 Å². The molecular weight excluding hydrogens is 222 g/mol. The molecule has 0 aromatic rings. The molecule has 1 aliphatic carbocycles. The summed E-state index contributed by atoms with van der Waals surface area (Å²) in [6.07, 6.45) is 6.90. The molecule has 1 aliphatic heterocycles. The third-order valence-electron chi connectivity index (χ3n) is 4.13. The quantitative estimate of drug-likeness (QED) is 0.601. The zero-order valence-corrected chi connectivity index (χ0v) is 12.3. The lowest BCUT2D eigenvalue weighted by atomic mass is 9.97. The molecule has 1 atom stereocenters. The fourth-order valence-electron chi connectivity index (χ4n) is 3.01. The lowest BCUT2D eigenvalue weighted by Crippen LogP contribution is -2.40. The molecule has 0 amide bonds. The van der Waals surface area contributed by atoms with E-state index in [1.54, 1.807) is 0 Å². The highest BCUT2D eigenvalue weighted by Gasteiger charge is 2.26. The van der Waals surface area contributed by atoms with Crippen molar-refractivity contribution in [2.45, 2.75) is 46.0 Å². The summed E-state index contributed by atoms with van der Waals surface area (Å²) in [4.78, 5) is 6.88. The Balaban J connectivity index is 1.71. The van der Waals surface area contributed by atoms with Gasteiger partial charge in [0.05, 0.1) is 0 Å². The number of nitrogens with one attached hydrogen (secondary N) is 1. The molecule has 3 heteroatoms. The molecular formula is C15H29N3. The van der Waals surface area contributed by atoms with Gasteiger partial charge in [0.15, 0.2) is 5.96 Å². The summed E-state index contributed by atoms with van der Waals surface area (Å²) in [6.45, 7) is 8.13. The zero-order chi connectivity index (χ0) is 13.0. The highest BCUT2D eigenvalue weighted by molar-refractivity contribution is 5.80. The van der Waals surface area contributed by atoms with Crippen LogP contribution in [0.1, 0.15) is 46.0 Å². The number of hydrogen-bond acceptors (Lipinski definition) is 1. The Morgan fingerprint density at radius 3 is 2.67 bits per heavy atom. The molecule has 0 spiro atoms. The van der Waals surface area contributed by atoms with E-state index in [1.807, 2.05) is 7.05 Å². The van der Waals surface area contributed by atoms with Gasteiger partial charge in [-0.3, -0.25) is 4.99 Å². The Hall–Kier alpha value is -0.730. The molecule has 1 unspecified atom stereocenters. The molecule has 1 saturated carbocycles. The molecule has 0 radical (unpaired) electrons. The predicted molar refractivity (Wildman–Crippen MR) is 77.8 cm³/mol. The van der Waals surface area contributed by atoms with Crippen molar-refractivity contribution in [2.75, 3.05) is 26.7 Å². The molecule has 0 aromatic heterocycles. The summed E-state index contributed by atoms with van der Waals surface area (Å²) in [5, 5.41) is 3.53. The first kappa shape index (κ1) is 13.7. The first-order valence-corrected chi connectivity index (χ1v) is 7.64. The Kier molecular flexibility index (Phi) is 4.90. The van der Waals surface area contributed by atoms with Gasteiger partial charge < -0.3 is 10.2 Å². The van der Waals surface area contributed by atoms with Gasteiger partial charge in [-0.05, 0) is 37.0 Å². The van der Waals surface area contributed by atoms with E-state index in [0.29, 0.717) is 0 Å². The maximum Gasteiger partial charge on any atom is 0.193 e. The van der Waals surface area contributed by atoms with Crippen molar-refractivity contribution in [3.8, 4) is 0 Å². The molecule has 0 bridgehead atoms. The lowest BCUT2D eigenvalue weighted by Gasteiger charge is -2.22. The standard InChI is InChI=1S/C15H29N3/c1-12(2)10-14-7-9-18(11-14)15(16-3)17-8-6-13-4-5-13/h12-14H,4-11H2,1-3H3,(H,16,17). The maximum absolute atomic E-state index is 4.43. The van der Waals surface area contributed by atoms with Crippen molar-refractivity contribution in [1.82, 2.24) is 10.2 Å². The van der Waals surface area contributed by atoms with Crippen LogP contribution in [-0.2, 0) is 0 Å². The first-order chi connectivity index (χ1) is 8.69. The second-order valence-electron chi connectivity index (χ2n) is 6.44. The zero-order valence-electron chi connectivity index (χ0n) is 12.3. The monoisotopic (exact) mass is 251 g/mol.